The zero-order valence-electron chi connectivity index (χ0n) is 18.3. The van der Waals surface area contributed by atoms with Crippen molar-refractivity contribution in [3.05, 3.63) is 82.2 Å². The summed E-state index contributed by atoms with van der Waals surface area (Å²) >= 11 is 0. The predicted octanol–water partition coefficient (Wildman–Crippen LogP) is 3.52. The molecule has 0 unspecified atom stereocenters. The van der Waals surface area contributed by atoms with Crippen molar-refractivity contribution in [1.29, 1.82) is 0 Å². The average molecular weight is 434 g/mol. The van der Waals surface area contributed by atoms with Crippen LogP contribution in [0.1, 0.15) is 29.8 Å². The summed E-state index contributed by atoms with van der Waals surface area (Å²) in [5, 5.41) is 6.07. The maximum absolute atomic E-state index is 12.5. The molecule has 0 fully saturated rings. The summed E-state index contributed by atoms with van der Waals surface area (Å²) in [4.78, 5) is 39.2. The van der Waals surface area contributed by atoms with Crippen molar-refractivity contribution in [2.24, 2.45) is 0 Å². The van der Waals surface area contributed by atoms with Crippen LogP contribution in [0.5, 0.6) is 0 Å². The zero-order valence-corrected chi connectivity index (χ0v) is 18.3. The Bertz CT molecular complexity index is 1160. The summed E-state index contributed by atoms with van der Waals surface area (Å²) in [6.07, 6.45) is 4.03. The lowest BCUT2D eigenvalue weighted by Gasteiger charge is -2.17. The zero-order chi connectivity index (χ0) is 22.9. The molecule has 7 nitrogen and oxygen atoms in total. The summed E-state index contributed by atoms with van der Waals surface area (Å²) in [7, 11) is 0. The standard InChI is InChI=1S/C25H27N3O4/c1-3-28(4-2)16-15-26-25(31)18-9-12-20(13-10-18)27-23(29)14-11-19-17-32-22-8-6-5-7-21(22)24(19)30/h5-14,17H,3-4,15-16H2,1-2H3,(H,26,31)(H,27,29)/b14-11+. The Kier molecular flexibility index (Phi) is 7.94. The van der Waals surface area contributed by atoms with Gasteiger partial charge in [-0.2, -0.15) is 0 Å². The first-order valence-electron chi connectivity index (χ1n) is 10.6. The molecule has 0 aliphatic carbocycles. The SMILES string of the molecule is CCN(CC)CCNC(=O)c1ccc(NC(=O)/C=C/c2coc3ccccc3c2=O)cc1. The number of carbonyl (C=O) groups excluding carboxylic acids is 2. The van der Waals surface area contributed by atoms with Crippen molar-refractivity contribution < 1.29 is 14.0 Å². The number of carbonyl (C=O) groups is 2. The number of hydrogen-bond acceptors (Lipinski definition) is 5. The Labute approximate surface area is 186 Å². The van der Waals surface area contributed by atoms with Gasteiger partial charge in [0.25, 0.3) is 5.91 Å². The summed E-state index contributed by atoms with van der Waals surface area (Å²) in [5.41, 5.74) is 1.65. The van der Waals surface area contributed by atoms with Gasteiger partial charge in [-0.25, -0.2) is 0 Å². The van der Waals surface area contributed by atoms with Crippen molar-refractivity contribution in [2.45, 2.75) is 13.8 Å². The Morgan fingerprint density at radius 1 is 1.03 bits per heavy atom. The number of amides is 2. The molecule has 0 aliphatic rings. The molecule has 0 saturated heterocycles. The molecule has 2 aromatic carbocycles. The molecule has 0 atom stereocenters. The highest BCUT2D eigenvalue weighted by Gasteiger charge is 2.08. The highest BCUT2D eigenvalue weighted by atomic mass is 16.3. The van der Waals surface area contributed by atoms with Crippen molar-refractivity contribution in [1.82, 2.24) is 10.2 Å². The lowest BCUT2D eigenvalue weighted by atomic mass is 10.1. The first-order chi connectivity index (χ1) is 15.5. The molecule has 7 heteroatoms. The van der Waals surface area contributed by atoms with Gasteiger partial charge in [0.05, 0.1) is 10.9 Å². The Morgan fingerprint density at radius 2 is 1.75 bits per heavy atom. The van der Waals surface area contributed by atoms with Gasteiger partial charge < -0.3 is 20.0 Å². The molecule has 2 N–H and O–H groups in total. The number of likely N-dealkylation sites (N-methyl/N-ethyl adjacent to an activating group) is 1. The first kappa shape index (κ1) is 23.0. The number of nitrogens with zero attached hydrogens (tertiary/aromatic N) is 1. The minimum atomic E-state index is -0.394. The van der Waals surface area contributed by atoms with Gasteiger partial charge in [0.2, 0.25) is 5.91 Å². The first-order valence-corrected chi connectivity index (χ1v) is 10.6. The van der Waals surface area contributed by atoms with Crippen LogP contribution < -0.4 is 16.1 Å². The second-order valence-corrected chi connectivity index (χ2v) is 7.20. The van der Waals surface area contributed by atoms with E-state index in [1.54, 1.807) is 48.5 Å². The minimum absolute atomic E-state index is 0.155. The van der Waals surface area contributed by atoms with E-state index < -0.39 is 5.91 Å². The van der Waals surface area contributed by atoms with Crippen LogP contribution >= 0.6 is 0 Å². The number of para-hydroxylation sites is 1. The van der Waals surface area contributed by atoms with Crippen LogP contribution in [0.15, 0.2) is 70.1 Å². The smallest absolute Gasteiger partial charge is 0.251 e. The summed E-state index contributed by atoms with van der Waals surface area (Å²) < 4.78 is 5.44. The number of rotatable bonds is 9. The fourth-order valence-electron chi connectivity index (χ4n) is 3.23. The normalized spacial score (nSPS) is 11.2. The Balaban J connectivity index is 1.56. The van der Waals surface area contributed by atoms with Crippen LogP contribution in [0.3, 0.4) is 0 Å². The van der Waals surface area contributed by atoms with Gasteiger partial charge in [-0.3, -0.25) is 14.4 Å². The van der Waals surface area contributed by atoms with E-state index in [0.29, 0.717) is 28.8 Å². The third-order valence-corrected chi connectivity index (χ3v) is 5.14. The topological polar surface area (TPSA) is 91.7 Å². The number of hydrogen-bond donors (Lipinski definition) is 2. The molecule has 3 aromatic rings. The summed E-state index contributed by atoms with van der Waals surface area (Å²) in [6.45, 7) is 7.44. The Hall–Kier alpha value is -3.71. The van der Waals surface area contributed by atoms with E-state index in [0.717, 1.165) is 19.6 Å². The predicted molar refractivity (Wildman–Crippen MR) is 127 cm³/mol. The van der Waals surface area contributed by atoms with Crippen molar-refractivity contribution in [2.75, 3.05) is 31.5 Å². The molecule has 1 heterocycles. The van der Waals surface area contributed by atoms with Crippen molar-refractivity contribution in [3.63, 3.8) is 0 Å². The van der Waals surface area contributed by atoms with Gasteiger partial charge in [-0.1, -0.05) is 26.0 Å². The van der Waals surface area contributed by atoms with Gasteiger partial charge in [0.1, 0.15) is 11.8 Å². The molecule has 0 spiro atoms. The second kappa shape index (κ2) is 11.1. The van der Waals surface area contributed by atoms with E-state index in [-0.39, 0.29) is 16.9 Å². The highest BCUT2D eigenvalue weighted by Crippen LogP contribution is 2.12. The van der Waals surface area contributed by atoms with Crippen LogP contribution in [0.2, 0.25) is 0 Å². The quantitative estimate of drug-likeness (QED) is 0.504. The molecule has 166 valence electrons. The molecule has 2 amide bonds. The summed E-state index contributed by atoms with van der Waals surface area (Å²) in [5.74, 6) is -0.549. The largest absolute Gasteiger partial charge is 0.463 e. The molecule has 0 radical (unpaired) electrons. The Morgan fingerprint density at radius 3 is 2.47 bits per heavy atom. The molecular weight excluding hydrogens is 406 g/mol. The number of nitrogens with one attached hydrogen (secondary N) is 2. The number of fused-ring (bicyclic) bond motifs is 1. The van der Waals surface area contributed by atoms with Crippen LogP contribution in [0.4, 0.5) is 5.69 Å². The van der Waals surface area contributed by atoms with E-state index in [1.807, 2.05) is 0 Å². The van der Waals surface area contributed by atoms with Gasteiger partial charge in [-0.05, 0) is 55.6 Å². The van der Waals surface area contributed by atoms with E-state index in [4.69, 9.17) is 4.42 Å². The van der Waals surface area contributed by atoms with E-state index in [9.17, 15) is 14.4 Å². The van der Waals surface area contributed by atoms with Crippen molar-refractivity contribution in [3.8, 4) is 0 Å². The van der Waals surface area contributed by atoms with Crippen LogP contribution in [0.25, 0.3) is 17.0 Å². The van der Waals surface area contributed by atoms with Crippen LogP contribution in [-0.2, 0) is 4.79 Å². The lowest BCUT2D eigenvalue weighted by molar-refractivity contribution is -0.111. The van der Waals surface area contributed by atoms with Gasteiger partial charge in [0.15, 0.2) is 5.43 Å². The van der Waals surface area contributed by atoms with E-state index in [1.165, 1.54) is 18.4 Å². The molecule has 0 aliphatic heterocycles. The molecule has 0 saturated carbocycles. The van der Waals surface area contributed by atoms with Crippen LogP contribution in [0, 0.1) is 0 Å². The number of anilines is 1. The highest BCUT2D eigenvalue weighted by molar-refractivity contribution is 6.02. The van der Waals surface area contributed by atoms with E-state index >= 15 is 0 Å². The molecule has 3 rings (SSSR count). The van der Waals surface area contributed by atoms with Crippen LogP contribution in [-0.4, -0.2) is 42.9 Å². The molecule has 1 aromatic heterocycles. The second-order valence-electron chi connectivity index (χ2n) is 7.20. The maximum Gasteiger partial charge on any atom is 0.251 e. The van der Waals surface area contributed by atoms with Crippen molar-refractivity contribution >= 4 is 34.5 Å². The maximum atomic E-state index is 12.5. The van der Waals surface area contributed by atoms with Gasteiger partial charge >= 0.3 is 0 Å². The third kappa shape index (κ3) is 5.92. The molecule has 0 bridgehead atoms. The van der Waals surface area contributed by atoms with Gasteiger partial charge in [-0.15, -0.1) is 0 Å². The third-order valence-electron chi connectivity index (χ3n) is 5.14. The molecular formula is C25H27N3O4. The number of benzene rings is 2. The van der Waals surface area contributed by atoms with E-state index in [2.05, 4.69) is 29.4 Å². The van der Waals surface area contributed by atoms with Gasteiger partial charge in [0, 0.05) is 30.4 Å². The summed E-state index contributed by atoms with van der Waals surface area (Å²) in [6, 6.07) is 13.6. The monoisotopic (exact) mass is 433 g/mol. The molecule has 32 heavy (non-hydrogen) atoms. The fraction of sp³-hybridized carbons (Fsp3) is 0.240. The average Bonchev–Trinajstić information content (AvgIpc) is 2.82. The minimum Gasteiger partial charge on any atom is -0.463 e. The fourth-order valence-corrected chi connectivity index (χ4v) is 3.23. The lowest BCUT2D eigenvalue weighted by Crippen LogP contribution is -2.34.